The van der Waals surface area contributed by atoms with E-state index in [9.17, 15) is 14.6 Å². The molecule has 1 unspecified atom stereocenters. The van der Waals surface area contributed by atoms with E-state index < -0.39 is 11.5 Å². The number of benzene rings is 1. The molecule has 1 fully saturated rings. The Labute approximate surface area is 180 Å². The quantitative estimate of drug-likeness (QED) is 0.649. The van der Waals surface area contributed by atoms with Crippen molar-refractivity contribution in [2.45, 2.75) is 38.7 Å². The molecule has 6 heteroatoms. The molecule has 2 aromatic heterocycles. The van der Waals surface area contributed by atoms with Crippen LogP contribution in [-0.4, -0.2) is 31.6 Å². The minimum Gasteiger partial charge on any atom is -0.396 e. The maximum atomic E-state index is 13.8. The van der Waals surface area contributed by atoms with Crippen molar-refractivity contribution in [1.29, 1.82) is 0 Å². The molecule has 3 aromatic rings. The van der Waals surface area contributed by atoms with Crippen molar-refractivity contribution in [2.24, 2.45) is 10.8 Å². The molecule has 31 heavy (non-hydrogen) atoms. The summed E-state index contributed by atoms with van der Waals surface area (Å²) in [5.41, 5.74) is 3.87. The second kappa shape index (κ2) is 7.39. The average molecular weight is 420 g/mol. The van der Waals surface area contributed by atoms with Crippen molar-refractivity contribution in [2.75, 3.05) is 6.61 Å². The Hall–Kier alpha value is -2.83. The molecule has 5 rings (SSSR count). The monoisotopic (exact) mass is 419 g/mol. The summed E-state index contributed by atoms with van der Waals surface area (Å²) in [4.78, 5) is 4.30. The Morgan fingerprint density at radius 3 is 2.84 bits per heavy atom. The zero-order valence-corrected chi connectivity index (χ0v) is 17.5. The number of nitrogens with zero attached hydrogens (tertiary/aromatic N) is 3. The van der Waals surface area contributed by atoms with Gasteiger partial charge in [0, 0.05) is 23.6 Å². The Kier molecular flexibility index (Phi) is 4.79. The van der Waals surface area contributed by atoms with Crippen molar-refractivity contribution < 1.29 is 14.6 Å². The van der Waals surface area contributed by atoms with Crippen LogP contribution in [0.15, 0.2) is 60.4 Å². The van der Waals surface area contributed by atoms with Gasteiger partial charge < -0.3 is 10.2 Å². The molecule has 1 aromatic carbocycles. The molecule has 0 amide bonds. The fraction of sp³-hybridized carbons (Fsp3) is 0.360. The zero-order valence-electron chi connectivity index (χ0n) is 17.5. The van der Waals surface area contributed by atoms with Gasteiger partial charge in [0.15, 0.2) is 0 Å². The Bertz CT molecular complexity index is 1140. The van der Waals surface area contributed by atoms with E-state index in [-0.39, 0.29) is 17.8 Å². The maximum absolute atomic E-state index is 13.8. The van der Waals surface area contributed by atoms with E-state index in [1.165, 1.54) is 17.7 Å². The topological polar surface area (TPSA) is 71.2 Å². The molecule has 0 spiro atoms. The SMILES string of the molecule is C[C@]12Cc3cnn(-c4cccc(F)c4)c3C=C1CC[C@@]2(CO)CC(O)c1ccccn1. The van der Waals surface area contributed by atoms with Crippen LogP contribution < -0.4 is 0 Å². The van der Waals surface area contributed by atoms with Gasteiger partial charge in [0.25, 0.3) is 0 Å². The first kappa shape index (κ1) is 20.1. The number of aliphatic hydroxyl groups excluding tert-OH is 2. The van der Waals surface area contributed by atoms with Gasteiger partial charge >= 0.3 is 0 Å². The molecule has 1 saturated carbocycles. The maximum Gasteiger partial charge on any atom is 0.125 e. The van der Waals surface area contributed by atoms with Gasteiger partial charge in [0.2, 0.25) is 0 Å². The van der Waals surface area contributed by atoms with Crippen LogP contribution in [0.25, 0.3) is 11.8 Å². The number of hydrogen-bond donors (Lipinski definition) is 2. The predicted molar refractivity (Wildman–Crippen MR) is 116 cm³/mol. The van der Waals surface area contributed by atoms with Crippen LogP contribution in [-0.2, 0) is 6.42 Å². The molecule has 5 nitrogen and oxygen atoms in total. The van der Waals surface area contributed by atoms with Gasteiger partial charge in [0.1, 0.15) is 5.82 Å². The summed E-state index contributed by atoms with van der Waals surface area (Å²) in [5, 5.41) is 26.0. The van der Waals surface area contributed by atoms with Gasteiger partial charge in [-0.1, -0.05) is 24.6 Å². The lowest BCUT2D eigenvalue weighted by molar-refractivity contribution is -0.0149. The highest BCUT2D eigenvalue weighted by Gasteiger charge is 2.56. The molecule has 2 aliphatic carbocycles. The number of aromatic nitrogens is 3. The normalized spacial score (nSPS) is 25.6. The van der Waals surface area contributed by atoms with E-state index in [4.69, 9.17) is 0 Å². The predicted octanol–water partition coefficient (Wildman–Crippen LogP) is 4.25. The van der Waals surface area contributed by atoms with Crippen LogP contribution in [0.5, 0.6) is 0 Å². The minimum absolute atomic E-state index is 0.00188. The number of fused-ring (bicyclic) bond motifs is 2. The van der Waals surface area contributed by atoms with Gasteiger partial charge in [0.05, 0.1) is 29.4 Å². The van der Waals surface area contributed by atoms with Crippen molar-refractivity contribution in [1.82, 2.24) is 14.8 Å². The largest absolute Gasteiger partial charge is 0.396 e. The van der Waals surface area contributed by atoms with E-state index in [0.717, 1.165) is 30.5 Å². The van der Waals surface area contributed by atoms with E-state index in [1.807, 2.05) is 30.5 Å². The van der Waals surface area contributed by atoms with Crippen LogP contribution in [0.3, 0.4) is 0 Å². The van der Waals surface area contributed by atoms with Crippen molar-refractivity contribution >= 4 is 6.08 Å². The summed E-state index contributed by atoms with van der Waals surface area (Å²) < 4.78 is 15.5. The van der Waals surface area contributed by atoms with Gasteiger partial charge in [-0.25, -0.2) is 9.07 Å². The van der Waals surface area contributed by atoms with Crippen molar-refractivity contribution in [3.05, 3.63) is 83.2 Å². The molecule has 0 radical (unpaired) electrons. The van der Waals surface area contributed by atoms with Crippen molar-refractivity contribution in [3.8, 4) is 5.69 Å². The highest BCUT2D eigenvalue weighted by molar-refractivity contribution is 5.62. The molecule has 0 bridgehead atoms. The van der Waals surface area contributed by atoms with Crippen LogP contribution >= 0.6 is 0 Å². The summed E-state index contributed by atoms with van der Waals surface area (Å²) in [5.74, 6) is -0.293. The third-order valence-corrected chi connectivity index (χ3v) is 7.46. The summed E-state index contributed by atoms with van der Waals surface area (Å²) in [6.07, 6.45) is 7.75. The molecule has 0 saturated heterocycles. The molecule has 160 valence electrons. The summed E-state index contributed by atoms with van der Waals surface area (Å²) in [7, 11) is 0. The third kappa shape index (κ3) is 3.13. The van der Waals surface area contributed by atoms with Gasteiger partial charge in [-0.2, -0.15) is 5.10 Å². The van der Waals surface area contributed by atoms with Crippen LogP contribution in [0, 0.1) is 16.6 Å². The number of pyridine rings is 1. The minimum atomic E-state index is -0.735. The fourth-order valence-corrected chi connectivity index (χ4v) is 5.53. The van der Waals surface area contributed by atoms with Gasteiger partial charge in [-0.15, -0.1) is 0 Å². The van der Waals surface area contributed by atoms with Crippen LogP contribution in [0.4, 0.5) is 4.39 Å². The molecule has 2 N–H and O–H groups in total. The number of halogens is 1. The summed E-state index contributed by atoms with van der Waals surface area (Å²) >= 11 is 0. The molecule has 3 atom stereocenters. The zero-order chi connectivity index (χ0) is 21.6. The van der Waals surface area contributed by atoms with E-state index in [0.29, 0.717) is 17.8 Å². The average Bonchev–Trinajstić information content (AvgIpc) is 3.30. The van der Waals surface area contributed by atoms with Crippen molar-refractivity contribution in [3.63, 3.8) is 0 Å². The number of rotatable bonds is 5. The standard InChI is InChI=1S/C25H26FN3O2/c1-24-13-17-15-28-29(20-6-4-5-19(26)12-20)22(17)11-18(24)8-9-25(24,16-30)14-23(31)21-7-2-3-10-27-21/h2-7,10-12,15,23,30-31H,8-9,13-14,16H2,1H3/t23?,24-,25-/m0/s1. The summed E-state index contributed by atoms with van der Waals surface area (Å²) in [6, 6.07) is 12.0. The number of allylic oxidation sites excluding steroid dienone is 1. The first-order valence-corrected chi connectivity index (χ1v) is 10.7. The first-order valence-electron chi connectivity index (χ1n) is 10.7. The fourth-order valence-electron chi connectivity index (χ4n) is 5.53. The Morgan fingerprint density at radius 1 is 1.23 bits per heavy atom. The Balaban J connectivity index is 1.51. The number of hydrogen-bond acceptors (Lipinski definition) is 4. The number of aliphatic hydroxyl groups is 2. The van der Waals surface area contributed by atoms with Crippen LogP contribution in [0.1, 0.15) is 49.2 Å². The summed E-state index contributed by atoms with van der Waals surface area (Å²) in [6.45, 7) is 2.19. The second-order valence-electron chi connectivity index (χ2n) is 9.04. The first-order chi connectivity index (χ1) is 15.0. The highest BCUT2D eigenvalue weighted by Crippen LogP contribution is 2.62. The lowest BCUT2D eigenvalue weighted by Crippen LogP contribution is -2.43. The molecule has 2 aliphatic rings. The molecule has 0 aliphatic heterocycles. The highest BCUT2D eigenvalue weighted by atomic mass is 19.1. The van der Waals surface area contributed by atoms with E-state index >= 15 is 0 Å². The molecular weight excluding hydrogens is 393 g/mol. The lowest BCUT2D eigenvalue weighted by atomic mass is 9.59. The smallest absolute Gasteiger partial charge is 0.125 e. The van der Waals surface area contributed by atoms with E-state index in [2.05, 4.69) is 23.1 Å². The van der Waals surface area contributed by atoms with Crippen LogP contribution in [0.2, 0.25) is 0 Å². The lowest BCUT2D eigenvalue weighted by Gasteiger charge is -2.46. The molecular formula is C25H26FN3O2. The van der Waals surface area contributed by atoms with Gasteiger partial charge in [-0.05, 0) is 67.7 Å². The third-order valence-electron chi connectivity index (χ3n) is 7.46. The van der Waals surface area contributed by atoms with E-state index in [1.54, 1.807) is 16.9 Å². The second-order valence-corrected chi connectivity index (χ2v) is 9.04. The Morgan fingerprint density at radius 2 is 2.10 bits per heavy atom. The van der Waals surface area contributed by atoms with Gasteiger partial charge in [-0.3, -0.25) is 4.98 Å². The molecule has 2 heterocycles.